The number of hydrogen-bond acceptors (Lipinski definition) is 4. The third-order valence-electron chi connectivity index (χ3n) is 2.05. The van der Waals surface area contributed by atoms with Crippen molar-refractivity contribution in [2.75, 3.05) is 33.4 Å². The molecule has 0 unspecified atom stereocenters. The standard InChI is InChI=1S/C11H20N2O4/c1-9(11(15)16)3-5-12-6-4-10(14)13-7-8-17-2/h3,12H,4-8H2,1-2H3,(H,13,14)(H,15,16)/b9-3-. The molecule has 17 heavy (non-hydrogen) atoms. The Labute approximate surface area is 101 Å². The van der Waals surface area contributed by atoms with Crippen LogP contribution in [0.3, 0.4) is 0 Å². The van der Waals surface area contributed by atoms with Gasteiger partial charge in [0.15, 0.2) is 0 Å². The van der Waals surface area contributed by atoms with Gasteiger partial charge in [-0.3, -0.25) is 4.79 Å². The summed E-state index contributed by atoms with van der Waals surface area (Å²) in [6.07, 6.45) is 1.94. The van der Waals surface area contributed by atoms with E-state index in [1.54, 1.807) is 13.2 Å². The third-order valence-corrected chi connectivity index (χ3v) is 2.05. The number of amides is 1. The molecule has 0 fully saturated rings. The van der Waals surface area contributed by atoms with Gasteiger partial charge in [-0.1, -0.05) is 6.08 Å². The number of hydrogen-bond donors (Lipinski definition) is 3. The van der Waals surface area contributed by atoms with Gasteiger partial charge in [0.05, 0.1) is 6.61 Å². The zero-order valence-corrected chi connectivity index (χ0v) is 10.3. The first kappa shape index (κ1) is 15.6. The van der Waals surface area contributed by atoms with Crippen molar-refractivity contribution in [3.63, 3.8) is 0 Å². The van der Waals surface area contributed by atoms with E-state index >= 15 is 0 Å². The van der Waals surface area contributed by atoms with E-state index < -0.39 is 5.97 Å². The first-order valence-electron chi connectivity index (χ1n) is 5.44. The Morgan fingerprint density at radius 1 is 1.35 bits per heavy atom. The summed E-state index contributed by atoms with van der Waals surface area (Å²) in [7, 11) is 1.57. The van der Waals surface area contributed by atoms with Crippen LogP contribution >= 0.6 is 0 Å². The van der Waals surface area contributed by atoms with Gasteiger partial charge in [-0.2, -0.15) is 0 Å². The first-order chi connectivity index (χ1) is 8.07. The van der Waals surface area contributed by atoms with Crippen molar-refractivity contribution in [3.05, 3.63) is 11.6 Å². The molecule has 0 bridgehead atoms. The van der Waals surface area contributed by atoms with Gasteiger partial charge in [-0.15, -0.1) is 0 Å². The van der Waals surface area contributed by atoms with E-state index in [1.807, 2.05) is 0 Å². The van der Waals surface area contributed by atoms with Gasteiger partial charge in [-0.05, 0) is 6.92 Å². The van der Waals surface area contributed by atoms with E-state index in [0.717, 1.165) is 0 Å². The summed E-state index contributed by atoms with van der Waals surface area (Å²) in [4.78, 5) is 21.7. The summed E-state index contributed by atoms with van der Waals surface area (Å²) in [5.41, 5.74) is 0.294. The Morgan fingerprint density at radius 3 is 2.65 bits per heavy atom. The van der Waals surface area contributed by atoms with E-state index in [0.29, 0.717) is 38.2 Å². The Kier molecular flexibility index (Phi) is 8.99. The number of ether oxygens (including phenoxy) is 1. The SMILES string of the molecule is COCCNC(=O)CCNC/C=C(/C)C(=O)O. The topological polar surface area (TPSA) is 87.7 Å². The molecule has 3 N–H and O–H groups in total. The average Bonchev–Trinajstić information content (AvgIpc) is 2.28. The quantitative estimate of drug-likeness (QED) is 0.385. The Morgan fingerprint density at radius 2 is 2.06 bits per heavy atom. The second-order valence-corrected chi connectivity index (χ2v) is 3.49. The van der Waals surface area contributed by atoms with Crippen molar-refractivity contribution in [2.45, 2.75) is 13.3 Å². The minimum Gasteiger partial charge on any atom is -0.478 e. The molecule has 0 rings (SSSR count). The maximum Gasteiger partial charge on any atom is 0.330 e. The molecule has 98 valence electrons. The molecule has 0 saturated heterocycles. The van der Waals surface area contributed by atoms with Crippen LogP contribution < -0.4 is 10.6 Å². The minimum absolute atomic E-state index is 0.0477. The maximum absolute atomic E-state index is 11.2. The van der Waals surface area contributed by atoms with Crippen molar-refractivity contribution in [1.82, 2.24) is 10.6 Å². The number of aliphatic carboxylic acids is 1. The van der Waals surface area contributed by atoms with Gasteiger partial charge < -0.3 is 20.5 Å². The second-order valence-electron chi connectivity index (χ2n) is 3.49. The normalized spacial score (nSPS) is 11.3. The van der Waals surface area contributed by atoms with E-state index in [4.69, 9.17) is 9.84 Å². The van der Waals surface area contributed by atoms with Crippen LogP contribution in [0.4, 0.5) is 0 Å². The Bertz CT molecular complexity index is 277. The number of carboxylic acids is 1. The van der Waals surface area contributed by atoms with Crippen molar-refractivity contribution >= 4 is 11.9 Å². The highest BCUT2D eigenvalue weighted by molar-refractivity contribution is 5.85. The van der Waals surface area contributed by atoms with Gasteiger partial charge in [0.1, 0.15) is 0 Å². The summed E-state index contributed by atoms with van der Waals surface area (Å²) in [6, 6.07) is 0. The number of carboxylic acid groups (broad SMARTS) is 1. The molecule has 0 aliphatic heterocycles. The molecule has 0 aromatic heterocycles. The minimum atomic E-state index is -0.927. The van der Waals surface area contributed by atoms with Crippen molar-refractivity contribution < 1.29 is 19.4 Å². The first-order valence-corrected chi connectivity index (χ1v) is 5.44. The molecule has 0 aromatic carbocycles. The number of carbonyl (C=O) groups excluding carboxylic acids is 1. The predicted molar refractivity (Wildman–Crippen MR) is 63.8 cm³/mol. The molecule has 0 radical (unpaired) electrons. The van der Waals surface area contributed by atoms with E-state index in [9.17, 15) is 9.59 Å². The van der Waals surface area contributed by atoms with Crippen LogP contribution in [0.15, 0.2) is 11.6 Å². The lowest BCUT2D eigenvalue weighted by Crippen LogP contribution is -2.30. The molecule has 0 saturated carbocycles. The molecule has 0 atom stereocenters. The Balaban J connectivity index is 3.48. The highest BCUT2D eigenvalue weighted by Gasteiger charge is 2.00. The molecule has 0 aliphatic rings. The molecule has 0 spiro atoms. The van der Waals surface area contributed by atoms with Gasteiger partial charge in [-0.25, -0.2) is 4.79 Å². The van der Waals surface area contributed by atoms with Crippen molar-refractivity contribution in [1.29, 1.82) is 0 Å². The zero-order valence-electron chi connectivity index (χ0n) is 10.3. The fourth-order valence-electron chi connectivity index (χ4n) is 0.997. The largest absolute Gasteiger partial charge is 0.478 e. The lowest BCUT2D eigenvalue weighted by molar-refractivity contribution is -0.132. The summed E-state index contributed by atoms with van der Waals surface area (Å²) in [5, 5.41) is 14.2. The fourth-order valence-corrected chi connectivity index (χ4v) is 0.997. The Hall–Kier alpha value is -1.40. The highest BCUT2D eigenvalue weighted by Crippen LogP contribution is 1.89. The van der Waals surface area contributed by atoms with Crippen LogP contribution in [0.5, 0.6) is 0 Å². The van der Waals surface area contributed by atoms with Crippen LogP contribution in [0.2, 0.25) is 0 Å². The molecule has 0 aromatic rings. The van der Waals surface area contributed by atoms with Crippen LogP contribution in [0.1, 0.15) is 13.3 Å². The van der Waals surface area contributed by atoms with Gasteiger partial charge in [0, 0.05) is 38.7 Å². The van der Waals surface area contributed by atoms with Gasteiger partial charge in [0.2, 0.25) is 5.91 Å². The lowest BCUT2D eigenvalue weighted by atomic mass is 10.3. The summed E-state index contributed by atoms with van der Waals surface area (Å²) < 4.78 is 4.79. The van der Waals surface area contributed by atoms with E-state index in [2.05, 4.69) is 10.6 Å². The number of methoxy groups -OCH3 is 1. The second kappa shape index (κ2) is 9.80. The third kappa shape index (κ3) is 9.52. The molecule has 6 heteroatoms. The number of nitrogens with one attached hydrogen (secondary N) is 2. The maximum atomic E-state index is 11.2. The molecular weight excluding hydrogens is 224 g/mol. The van der Waals surface area contributed by atoms with Crippen molar-refractivity contribution in [2.24, 2.45) is 0 Å². The van der Waals surface area contributed by atoms with Crippen LogP contribution in [0, 0.1) is 0 Å². The molecule has 6 nitrogen and oxygen atoms in total. The zero-order chi connectivity index (χ0) is 13.1. The summed E-state index contributed by atoms with van der Waals surface area (Å²) >= 11 is 0. The number of carbonyl (C=O) groups is 2. The molecule has 0 heterocycles. The fraction of sp³-hybridized carbons (Fsp3) is 0.636. The predicted octanol–water partition coefficient (Wildman–Crippen LogP) is -0.240. The smallest absolute Gasteiger partial charge is 0.330 e. The van der Waals surface area contributed by atoms with E-state index in [1.165, 1.54) is 6.92 Å². The summed E-state index contributed by atoms with van der Waals surface area (Å²) in [6.45, 7) is 3.50. The van der Waals surface area contributed by atoms with Gasteiger partial charge >= 0.3 is 5.97 Å². The molecule has 0 aliphatic carbocycles. The monoisotopic (exact) mass is 244 g/mol. The van der Waals surface area contributed by atoms with Crippen LogP contribution in [-0.4, -0.2) is 50.3 Å². The van der Waals surface area contributed by atoms with Crippen molar-refractivity contribution in [3.8, 4) is 0 Å². The average molecular weight is 244 g/mol. The molecular formula is C11H20N2O4. The summed E-state index contributed by atoms with van der Waals surface area (Å²) in [5.74, 6) is -0.974. The van der Waals surface area contributed by atoms with E-state index in [-0.39, 0.29) is 5.91 Å². The van der Waals surface area contributed by atoms with Crippen LogP contribution in [-0.2, 0) is 14.3 Å². The highest BCUT2D eigenvalue weighted by atomic mass is 16.5. The van der Waals surface area contributed by atoms with Gasteiger partial charge in [0.25, 0.3) is 0 Å². The van der Waals surface area contributed by atoms with Crippen LogP contribution in [0.25, 0.3) is 0 Å². The molecule has 1 amide bonds. The number of rotatable bonds is 9. The lowest BCUT2D eigenvalue weighted by Gasteiger charge is -2.04.